The molecule has 0 radical (unpaired) electrons. The molecule has 0 spiro atoms. The lowest BCUT2D eigenvalue weighted by atomic mass is 10.1. The largest absolute Gasteiger partial charge is 0.379 e. The first-order valence-electron chi connectivity index (χ1n) is 10.1. The Morgan fingerprint density at radius 2 is 1.62 bits per heavy atom. The minimum Gasteiger partial charge on any atom is -0.379 e. The third-order valence-electron chi connectivity index (χ3n) is 5.00. The molecule has 1 N–H and O–H groups in total. The van der Waals surface area contributed by atoms with Crippen LogP contribution in [0.15, 0.2) is 59.5 Å². The van der Waals surface area contributed by atoms with Crippen molar-refractivity contribution in [1.29, 1.82) is 0 Å². The second-order valence-electron chi connectivity index (χ2n) is 7.37. The van der Waals surface area contributed by atoms with E-state index in [1.54, 1.807) is 0 Å². The average Bonchev–Trinajstić information content (AvgIpc) is 2.78. The number of benzene rings is 2. The van der Waals surface area contributed by atoms with Gasteiger partial charge in [-0.2, -0.15) is 4.31 Å². The van der Waals surface area contributed by atoms with Crippen molar-refractivity contribution in [1.82, 2.24) is 9.62 Å². The predicted molar refractivity (Wildman–Crippen MR) is 121 cm³/mol. The molecule has 3 rings (SSSR count). The van der Waals surface area contributed by atoms with Gasteiger partial charge >= 0.3 is 0 Å². The Balaban J connectivity index is 1.67. The van der Waals surface area contributed by atoms with Gasteiger partial charge in [-0.3, -0.25) is 9.10 Å². The van der Waals surface area contributed by atoms with Crippen LogP contribution in [0.3, 0.4) is 0 Å². The lowest BCUT2D eigenvalue weighted by Gasteiger charge is -2.26. The van der Waals surface area contributed by atoms with Gasteiger partial charge < -0.3 is 10.1 Å². The monoisotopic (exact) mass is 481 g/mol. The predicted octanol–water partition coefficient (Wildman–Crippen LogP) is 0.832. The summed E-state index contributed by atoms with van der Waals surface area (Å²) in [5.74, 6) is -0.448. The second kappa shape index (κ2) is 10.4. The Bertz CT molecular complexity index is 1110. The number of amides is 1. The molecule has 1 amide bonds. The standard InChI is InChI=1S/C21H27N3O6S2/c1-31(26,27)24(17-21(25)22-12-11-18-5-3-2-4-6-18)19-7-9-20(10-8-19)32(28,29)23-13-15-30-16-14-23/h2-10H,11-17H2,1H3,(H,22,25). The number of hydrogen-bond acceptors (Lipinski definition) is 6. The van der Waals surface area contributed by atoms with Crippen molar-refractivity contribution in [3.63, 3.8) is 0 Å². The molecule has 1 aliphatic heterocycles. The van der Waals surface area contributed by atoms with Crippen LogP contribution in [0.25, 0.3) is 0 Å². The van der Waals surface area contributed by atoms with Crippen molar-refractivity contribution in [3.05, 3.63) is 60.2 Å². The van der Waals surface area contributed by atoms with Gasteiger partial charge in [-0.15, -0.1) is 0 Å². The number of anilines is 1. The molecule has 0 aliphatic carbocycles. The smallest absolute Gasteiger partial charge is 0.243 e. The van der Waals surface area contributed by atoms with Gasteiger partial charge in [-0.05, 0) is 36.2 Å². The number of carbonyl (C=O) groups is 1. The summed E-state index contributed by atoms with van der Waals surface area (Å²) < 4.78 is 57.6. The molecule has 0 atom stereocenters. The van der Waals surface area contributed by atoms with E-state index in [0.29, 0.717) is 26.2 Å². The van der Waals surface area contributed by atoms with Crippen molar-refractivity contribution in [2.45, 2.75) is 11.3 Å². The summed E-state index contributed by atoms with van der Waals surface area (Å²) >= 11 is 0. The van der Waals surface area contributed by atoms with E-state index < -0.39 is 32.5 Å². The van der Waals surface area contributed by atoms with Gasteiger partial charge in [0.25, 0.3) is 0 Å². The third-order valence-corrected chi connectivity index (χ3v) is 8.05. The van der Waals surface area contributed by atoms with Gasteiger partial charge in [-0.1, -0.05) is 30.3 Å². The number of rotatable bonds is 9. The summed E-state index contributed by atoms with van der Waals surface area (Å²) in [5, 5.41) is 2.72. The van der Waals surface area contributed by atoms with Gasteiger partial charge in [0.1, 0.15) is 6.54 Å². The van der Waals surface area contributed by atoms with Crippen molar-refractivity contribution in [3.8, 4) is 0 Å². The SMILES string of the molecule is CS(=O)(=O)N(CC(=O)NCCc1ccccc1)c1ccc(S(=O)(=O)N2CCOCC2)cc1. The maximum atomic E-state index is 12.8. The van der Waals surface area contributed by atoms with Crippen LogP contribution >= 0.6 is 0 Å². The van der Waals surface area contributed by atoms with Crippen LogP contribution in [0.1, 0.15) is 5.56 Å². The zero-order valence-corrected chi connectivity index (χ0v) is 19.4. The number of nitrogens with zero attached hydrogens (tertiary/aromatic N) is 2. The van der Waals surface area contributed by atoms with E-state index in [1.165, 1.54) is 28.6 Å². The molecule has 0 bridgehead atoms. The highest BCUT2D eigenvalue weighted by molar-refractivity contribution is 7.92. The fourth-order valence-corrected chi connectivity index (χ4v) is 5.56. The van der Waals surface area contributed by atoms with Crippen LogP contribution in [0.5, 0.6) is 0 Å². The van der Waals surface area contributed by atoms with E-state index in [0.717, 1.165) is 16.1 Å². The van der Waals surface area contributed by atoms with Crippen LogP contribution in [-0.2, 0) is 36.0 Å². The maximum absolute atomic E-state index is 12.8. The average molecular weight is 482 g/mol. The molecule has 1 saturated heterocycles. The summed E-state index contributed by atoms with van der Waals surface area (Å²) in [6.07, 6.45) is 1.63. The van der Waals surface area contributed by atoms with Crippen molar-refractivity contribution >= 4 is 31.6 Å². The Morgan fingerprint density at radius 1 is 1.00 bits per heavy atom. The zero-order valence-electron chi connectivity index (χ0n) is 17.8. The number of ether oxygens (including phenoxy) is 1. The molecule has 32 heavy (non-hydrogen) atoms. The quantitative estimate of drug-likeness (QED) is 0.568. The number of nitrogens with one attached hydrogen (secondary N) is 1. The summed E-state index contributed by atoms with van der Waals surface area (Å²) in [4.78, 5) is 12.4. The third kappa shape index (κ3) is 6.28. The van der Waals surface area contributed by atoms with E-state index in [9.17, 15) is 21.6 Å². The van der Waals surface area contributed by atoms with Crippen molar-refractivity contribution < 1.29 is 26.4 Å². The topological polar surface area (TPSA) is 113 Å². The molecule has 1 fully saturated rings. The molecule has 0 unspecified atom stereocenters. The normalized spacial score (nSPS) is 15.3. The molecule has 9 nitrogen and oxygen atoms in total. The lowest BCUT2D eigenvalue weighted by Crippen LogP contribution is -2.41. The van der Waals surface area contributed by atoms with E-state index in [1.807, 2.05) is 30.3 Å². The number of hydrogen-bond donors (Lipinski definition) is 1. The second-order valence-corrected chi connectivity index (χ2v) is 11.2. The van der Waals surface area contributed by atoms with E-state index in [4.69, 9.17) is 4.74 Å². The van der Waals surface area contributed by atoms with Crippen LogP contribution in [0.4, 0.5) is 5.69 Å². The van der Waals surface area contributed by atoms with Crippen LogP contribution < -0.4 is 9.62 Å². The lowest BCUT2D eigenvalue weighted by molar-refractivity contribution is -0.119. The highest BCUT2D eigenvalue weighted by Gasteiger charge is 2.27. The van der Waals surface area contributed by atoms with E-state index in [2.05, 4.69) is 5.32 Å². The van der Waals surface area contributed by atoms with Crippen LogP contribution in [-0.4, -0.2) is 72.7 Å². The molecule has 2 aromatic rings. The summed E-state index contributed by atoms with van der Waals surface area (Å²) in [6.45, 7) is 1.17. The molecule has 1 aliphatic rings. The molecule has 174 valence electrons. The Kier molecular flexibility index (Phi) is 7.88. The Labute approximate surface area is 189 Å². The molecular formula is C21H27N3O6S2. The number of sulfonamides is 2. The maximum Gasteiger partial charge on any atom is 0.243 e. The zero-order chi connectivity index (χ0) is 23.2. The highest BCUT2D eigenvalue weighted by atomic mass is 32.2. The summed E-state index contributed by atoms with van der Waals surface area (Å²) in [5.41, 5.74) is 1.27. The first kappa shape index (κ1) is 24.2. The Morgan fingerprint density at radius 3 is 2.22 bits per heavy atom. The van der Waals surface area contributed by atoms with Crippen molar-refractivity contribution in [2.75, 3.05) is 50.0 Å². The first-order valence-corrected chi connectivity index (χ1v) is 13.4. The van der Waals surface area contributed by atoms with Gasteiger partial charge in [0.15, 0.2) is 0 Å². The fourth-order valence-electron chi connectivity index (χ4n) is 3.30. The minimum atomic E-state index is -3.76. The van der Waals surface area contributed by atoms with Crippen molar-refractivity contribution in [2.24, 2.45) is 0 Å². The van der Waals surface area contributed by atoms with Crippen LogP contribution in [0, 0.1) is 0 Å². The van der Waals surface area contributed by atoms with Crippen LogP contribution in [0.2, 0.25) is 0 Å². The van der Waals surface area contributed by atoms with E-state index >= 15 is 0 Å². The number of carbonyl (C=O) groups excluding carboxylic acids is 1. The van der Waals surface area contributed by atoms with Gasteiger partial charge in [0, 0.05) is 19.6 Å². The summed E-state index contributed by atoms with van der Waals surface area (Å²) in [6, 6.07) is 15.1. The number of morpholine rings is 1. The first-order chi connectivity index (χ1) is 15.2. The van der Waals surface area contributed by atoms with E-state index in [-0.39, 0.29) is 23.7 Å². The minimum absolute atomic E-state index is 0.0592. The molecular weight excluding hydrogens is 454 g/mol. The molecule has 2 aromatic carbocycles. The summed E-state index contributed by atoms with van der Waals surface area (Å²) in [7, 11) is -7.46. The van der Waals surface area contributed by atoms with Gasteiger partial charge in [0.2, 0.25) is 26.0 Å². The van der Waals surface area contributed by atoms with Gasteiger partial charge in [-0.25, -0.2) is 16.8 Å². The molecule has 0 aromatic heterocycles. The molecule has 0 saturated carbocycles. The van der Waals surface area contributed by atoms with Gasteiger partial charge in [0.05, 0.1) is 30.1 Å². The molecule has 1 heterocycles. The highest BCUT2D eigenvalue weighted by Crippen LogP contribution is 2.23. The molecule has 11 heteroatoms. The Hall–Kier alpha value is -2.47. The fraction of sp³-hybridized carbons (Fsp3) is 0.381.